The number of anilines is 2. The zero-order valence-corrected chi connectivity index (χ0v) is 19.0. The molecule has 0 aliphatic carbocycles. The lowest BCUT2D eigenvalue weighted by Crippen LogP contribution is -2.35. The molecule has 17 heteroatoms. The number of imide groups is 1. The van der Waals surface area contributed by atoms with Crippen LogP contribution in [-0.4, -0.2) is 46.3 Å². The maximum absolute atomic E-state index is 13.1. The van der Waals surface area contributed by atoms with Crippen molar-refractivity contribution in [2.45, 2.75) is 9.79 Å². The highest BCUT2D eigenvalue weighted by Gasteiger charge is 2.50. The molecule has 0 saturated carbocycles. The molecule has 0 bridgehead atoms. The molecule has 1 heterocycles. The van der Waals surface area contributed by atoms with Gasteiger partial charge in [-0.15, -0.1) is 0 Å². The standard InChI is InChI=1S/C18H17N7O8S2/c19-18(29)24-23-14-13(15(26)22-9-1-5-11(6-2-9)34(20,30)31)16(27)25(17(14)28)10-3-7-12(8-4-10)35(21,32)33/h1-8,13H,(H,22,26)(H3,19,24,29)(H2,20,30,31)(H2,21,32,33)/b23-14-/t13-/m0/s1. The van der Waals surface area contributed by atoms with Crippen LogP contribution in [0.15, 0.2) is 63.4 Å². The predicted octanol–water partition coefficient (Wildman–Crippen LogP) is -1.87. The predicted molar refractivity (Wildman–Crippen MR) is 120 cm³/mol. The molecule has 3 rings (SSSR count). The first-order chi connectivity index (χ1) is 16.2. The van der Waals surface area contributed by atoms with Crippen molar-refractivity contribution in [2.75, 3.05) is 10.2 Å². The van der Waals surface area contributed by atoms with E-state index in [0.29, 0.717) is 4.90 Å². The smallest absolute Gasteiger partial charge is 0.332 e. The van der Waals surface area contributed by atoms with E-state index in [1.807, 2.05) is 0 Å². The van der Waals surface area contributed by atoms with Gasteiger partial charge in [0.05, 0.1) is 15.5 Å². The molecule has 0 aromatic heterocycles. The Bertz CT molecular complexity index is 1470. The van der Waals surface area contributed by atoms with Crippen LogP contribution in [0.1, 0.15) is 0 Å². The number of hydrogen-bond acceptors (Lipinski definition) is 9. The van der Waals surface area contributed by atoms with Gasteiger partial charge in [-0.2, -0.15) is 5.10 Å². The van der Waals surface area contributed by atoms with Gasteiger partial charge in [0.1, 0.15) is 5.71 Å². The van der Waals surface area contributed by atoms with E-state index in [1.54, 1.807) is 5.43 Å². The highest BCUT2D eigenvalue weighted by Crippen LogP contribution is 2.27. The molecule has 0 spiro atoms. The molecule has 35 heavy (non-hydrogen) atoms. The fourth-order valence-electron chi connectivity index (χ4n) is 3.02. The number of rotatable bonds is 6. The van der Waals surface area contributed by atoms with Crippen molar-refractivity contribution in [1.82, 2.24) is 5.43 Å². The Balaban J connectivity index is 1.95. The Morgan fingerprint density at radius 1 is 0.857 bits per heavy atom. The molecule has 1 saturated heterocycles. The van der Waals surface area contributed by atoms with Crippen molar-refractivity contribution >= 4 is 60.9 Å². The third kappa shape index (κ3) is 5.49. The lowest BCUT2D eigenvalue weighted by Gasteiger charge is -2.14. The van der Waals surface area contributed by atoms with Crippen LogP contribution in [0.25, 0.3) is 0 Å². The van der Waals surface area contributed by atoms with Gasteiger partial charge >= 0.3 is 6.03 Å². The first kappa shape index (κ1) is 25.4. The number of carbonyl (C=O) groups is 4. The first-order valence-corrected chi connectivity index (χ1v) is 12.4. The number of hydrogen-bond donors (Lipinski definition) is 5. The second-order valence-corrected chi connectivity index (χ2v) is 10.1. The number of primary sulfonamides is 2. The van der Waals surface area contributed by atoms with Crippen molar-refractivity contribution in [3.8, 4) is 0 Å². The molecule has 1 aliphatic heterocycles. The number of nitrogens with one attached hydrogen (secondary N) is 2. The molecule has 1 atom stereocenters. The summed E-state index contributed by atoms with van der Waals surface area (Å²) in [6.07, 6.45) is 0. The van der Waals surface area contributed by atoms with Crippen molar-refractivity contribution in [2.24, 2.45) is 27.0 Å². The van der Waals surface area contributed by atoms with E-state index >= 15 is 0 Å². The summed E-state index contributed by atoms with van der Waals surface area (Å²) < 4.78 is 45.7. The topological polar surface area (TPSA) is 254 Å². The van der Waals surface area contributed by atoms with Gasteiger partial charge in [-0.05, 0) is 48.5 Å². The summed E-state index contributed by atoms with van der Waals surface area (Å²) in [5.74, 6) is -5.04. The van der Waals surface area contributed by atoms with Crippen LogP contribution >= 0.6 is 0 Å². The fraction of sp³-hybridized carbons (Fsp3) is 0.0556. The summed E-state index contributed by atoms with van der Waals surface area (Å²) in [6.45, 7) is 0. The van der Waals surface area contributed by atoms with Crippen molar-refractivity contribution < 1.29 is 36.0 Å². The minimum Gasteiger partial charge on any atom is -0.350 e. The summed E-state index contributed by atoms with van der Waals surface area (Å²) in [6, 6.07) is 7.75. The van der Waals surface area contributed by atoms with Crippen LogP contribution in [0, 0.1) is 5.92 Å². The van der Waals surface area contributed by atoms with E-state index in [4.69, 9.17) is 16.0 Å². The number of nitrogens with zero attached hydrogens (tertiary/aromatic N) is 2. The fourth-order valence-corrected chi connectivity index (χ4v) is 4.05. The summed E-state index contributed by atoms with van der Waals surface area (Å²) in [5.41, 5.74) is 6.01. The zero-order valence-electron chi connectivity index (χ0n) is 17.4. The molecule has 2 aromatic rings. The number of primary amides is 1. The monoisotopic (exact) mass is 523 g/mol. The average molecular weight is 524 g/mol. The van der Waals surface area contributed by atoms with E-state index in [-0.39, 0.29) is 21.2 Å². The molecular formula is C18H17N7O8S2. The number of carbonyl (C=O) groups excluding carboxylic acids is 4. The summed E-state index contributed by atoms with van der Waals surface area (Å²) in [5, 5.41) is 15.9. The van der Waals surface area contributed by atoms with E-state index < -0.39 is 55.4 Å². The minimum atomic E-state index is -4.05. The SMILES string of the molecule is NC(=O)N/N=C1\C(=O)N(c2ccc(S(N)(=O)=O)cc2)C(=O)[C@@H]1C(=O)Nc1ccc(S(N)(=O)=O)cc1. The number of sulfonamides is 2. The molecule has 0 unspecified atom stereocenters. The Morgan fingerprint density at radius 2 is 1.34 bits per heavy atom. The van der Waals surface area contributed by atoms with Crippen molar-refractivity contribution in [3.63, 3.8) is 0 Å². The molecule has 1 aliphatic rings. The van der Waals surface area contributed by atoms with Gasteiger partial charge < -0.3 is 11.1 Å². The second kappa shape index (κ2) is 9.22. The van der Waals surface area contributed by atoms with Crippen LogP contribution in [0.4, 0.5) is 16.2 Å². The van der Waals surface area contributed by atoms with Gasteiger partial charge in [-0.1, -0.05) is 0 Å². The van der Waals surface area contributed by atoms with Gasteiger partial charge in [0.2, 0.25) is 26.0 Å². The lowest BCUT2D eigenvalue weighted by molar-refractivity contribution is -0.127. The number of nitrogens with two attached hydrogens (primary N) is 3. The Kier molecular flexibility index (Phi) is 6.70. The summed E-state index contributed by atoms with van der Waals surface area (Å²) in [7, 11) is -8.04. The maximum atomic E-state index is 13.1. The number of urea groups is 1. The van der Waals surface area contributed by atoms with Gasteiger partial charge in [0, 0.05) is 5.69 Å². The molecule has 15 nitrogen and oxygen atoms in total. The van der Waals surface area contributed by atoms with E-state index in [9.17, 15) is 36.0 Å². The lowest BCUT2D eigenvalue weighted by atomic mass is 10.0. The quantitative estimate of drug-likeness (QED) is 0.162. The van der Waals surface area contributed by atoms with E-state index in [2.05, 4.69) is 10.4 Å². The minimum absolute atomic E-state index is 0.0563. The van der Waals surface area contributed by atoms with Crippen LogP contribution < -0.4 is 31.7 Å². The highest BCUT2D eigenvalue weighted by molar-refractivity contribution is 7.89. The van der Waals surface area contributed by atoms with Crippen LogP contribution in [-0.2, 0) is 34.4 Å². The highest BCUT2D eigenvalue weighted by atomic mass is 32.2. The molecular weight excluding hydrogens is 506 g/mol. The van der Waals surface area contributed by atoms with E-state index in [0.717, 1.165) is 36.4 Å². The largest absolute Gasteiger partial charge is 0.350 e. The number of benzene rings is 2. The molecule has 5 amide bonds. The molecule has 1 fully saturated rings. The number of amides is 5. The Morgan fingerprint density at radius 3 is 1.80 bits per heavy atom. The second-order valence-electron chi connectivity index (χ2n) is 6.98. The van der Waals surface area contributed by atoms with Crippen LogP contribution in [0.3, 0.4) is 0 Å². The van der Waals surface area contributed by atoms with Crippen molar-refractivity contribution in [1.29, 1.82) is 0 Å². The van der Waals surface area contributed by atoms with Crippen LogP contribution in [0.5, 0.6) is 0 Å². The third-order valence-electron chi connectivity index (χ3n) is 4.59. The molecule has 2 aromatic carbocycles. The summed E-state index contributed by atoms with van der Waals surface area (Å²) in [4.78, 5) is 50.0. The van der Waals surface area contributed by atoms with Gasteiger partial charge in [0.25, 0.3) is 11.8 Å². The molecule has 0 radical (unpaired) electrons. The van der Waals surface area contributed by atoms with Gasteiger partial charge in [-0.25, -0.2) is 42.2 Å². The zero-order chi connectivity index (χ0) is 26.1. The summed E-state index contributed by atoms with van der Waals surface area (Å²) >= 11 is 0. The normalized spacial score (nSPS) is 17.5. The van der Waals surface area contributed by atoms with Gasteiger partial charge in [0.15, 0.2) is 5.92 Å². The Hall–Kier alpha value is -4.19. The molecule has 184 valence electrons. The maximum Gasteiger partial charge on any atom is 0.332 e. The number of hydrazone groups is 1. The molecule has 8 N–H and O–H groups in total. The Labute approximate surface area is 198 Å². The van der Waals surface area contributed by atoms with Crippen molar-refractivity contribution in [3.05, 3.63) is 48.5 Å². The van der Waals surface area contributed by atoms with Crippen LogP contribution in [0.2, 0.25) is 0 Å². The average Bonchev–Trinajstić information content (AvgIpc) is 3.00. The van der Waals surface area contributed by atoms with Gasteiger partial charge in [-0.3, -0.25) is 14.4 Å². The first-order valence-electron chi connectivity index (χ1n) is 9.28. The van der Waals surface area contributed by atoms with E-state index in [1.165, 1.54) is 12.1 Å². The third-order valence-corrected chi connectivity index (χ3v) is 6.44.